The fourth-order valence-corrected chi connectivity index (χ4v) is 2.86. The SMILES string of the molecule is Cc1c(NC(=O)c2ccn(C3CCCNC3)n2)cccc1[N+](=O)[O-].Cl. The molecule has 1 aromatic heterocycles. The number of amides is 1. The third-order valence-corrected chi connectivity index (χ3v) is 4.24. The molecule has 2 aromatic rings. The molecule has 2 heterocycles. The second-order valence-electron chi connectivity index (χ2n) is 5.84. The van der Waals surface area contributed by atoms with E-state index >= 15 is 0 Å². The number of benzene rings is 1. The Bertz CT molecular complexity index is 771. The van der Waals surface area contributed by atoms with Crippen molar-refractivity contribution < 1.29 is 9.72 Å². The largest absolute Gasteiger partial charge is 0.320 e. The van der Waals surface area contributed by atoms with Crippen molar-refractivity contribution in [2.75, 3.05) is 18.4 Å². The summed E-state index contributed by atoms with van der Waals surface area (Å²) in [5, 5.41) is 21.3. The maximum Gasteiger partial charge on any atom is 0.276 e. The number of aromatic nitrogens is 2. The van der Waals surface area contributed by atoms with Crippen LogP contribution in [-0.2, 0) is 0 Å². The average molecular weight is 366 g/mol. The number of nitro groups is 1. The van der Waals surface area contributed by atoms with Gasteiger partial charge in [0.2, 0.25) is 0 Å². The molecule has 3 rings (SSSR count). The molecule has 1 amide bonds. The van der Waals surface area contributed by atoms with E-state index in [0.29, 0.717) is 16.9 Å². The molecular formula is C16H20ClN5O3. The number of nitrogens with zero attached hydrogens (tertiary/aromatic N) is 3. The van der Waals surface area contributed by atoms with Crippen LogP contribution in [0.4, 0.5) is 11.4 Å². The molecule has 0 aliphatic carbocycles. The van der Waals surface area contributed by atoms with Gasteiger partial charge in [-0.25, -0.2) is 0 Å². The molecular weight excluding hydrogens is 346 g/mol. The summed E-state index contributed by atoms with van der Waals surface area (Å²) in [6, 6.07) is 6.52. The molecule has 1 atom stereocenters. The summed E-state index contributed by atoms with van der Waals surface area (Å²) in [5.74, 6) is -0.374. The van der Waals surface area contributed by atoms with Crippen molar-refractivity contribution in [1.82, 2.24) is 15.1 Å². The second kappa shape index (κ2) is 8.09. The van der Waals surface area contributed by atoms with E-state index in [1.54, 1.807) is 36.0 Å². The van der Waals surface area contributed by atoms with Gasteiger partial charge >= 0.3 is 0 Å². The topological polar surface area (TPSA) is 102 Å². The summed E-state index contributed by atoms with van der Waals surface area (Å²) in [4.78, 5) is 22.9. The lowest BCUT2D eigenvalue weighted by molar-refractivity contribution is -0.385. The van der Waals surface area contributed by atoms with Crippen molar-refractivity contribution in [3.8, 4) is 0 Å². The number of halogens is 1. The van der Waals surface area contributed by atoms with Crippen molar-refractivity contribution in [3.05, 3.63) is 51.8 Å². The Morgan fingerprint density at radius 1 is 1.44 bits per heavy atom. The number of rotatable bonds is 4. The summed E-state index contributed by atoms with van der Waals surface area (Å²) < 4.78 is 1.81. The molecule has 0 saturated carbocycles. The molecule has 0 radical (unpaired) electrons. The number of anilines is 1. The van der Waals surface area contributed by atoms with E-state index in [0.717, 1.165) is 25.9 Å². The molecule has 1 aliphatic rings. The van der Waals surface area contributed by atoms with Gasteiger partial charge in [-0.15, -0.1) is 12.4 Å². The van der Waals surface area contributed by atoms with Crippen LogP contribution in [0, 0.1) is 17.0 Å². The quantitative estimate of drug-likeness (QED) is 0.640. The minimum absolute atomic E-state index is 0. The van der Waals surface area contributed by atoms with Gasteiger partial charge in [-0.1, -0.05) is 6.07 Å². The van der Waals surface area contributed by atoms with E-state index in [1.807, 2.05) is 0 Å². The predicted molar refractivity (Wildman–Crippen MR) is 96.4 cm³/mol. The second-order valence-corrected chi connectivity index (χ2v) is 5.84. The molecule has 0 spiro atoms. The first-order chi connectivity index (χ1) is 11.6. The van der Waals surface area contributed by atoms with Crippen molar-refractivity contribution in [2.45, 2.75) is 25.8 Å². The molecule has 1 saturated heterocycles. The zero-order chi connectivity index (χ0) is 17.1. The maximum atomic E-state index is 12.4. The Kier molecular flexibility index (Phi) is 6.11. The first kappa shape index (κ1) is 18.9. The van der Waals surface area contributed by atoms with E-state index in [1.165, 1.54) is 6.07 Å². The Hall–Kier alpha value is -2.45. The van der Waals surface area contributed by atoms with Gasteiger partial charge in [-0.3, -0.25) is 19.6 Å². The summed E-state index contributed by atoms with van der Waals surface area (Å²) in [5.41, 5.74) is 1.12. The number of hydrogen-bond acceptors (Lipinski definition) is 5. The smallest absolute Gasteiger partial charge is 0.276 e. The van der Waals surface area contributed by atoms with Gasteiger partial charge in [0.15, 0.2) is 5.69 Å². The highest BCUT2D eigenvalue weighted by Gasteiger charge is 2.19. The van der Waals surface area contributed by atoms with Gasteiger partial charge in [-0.05, 0) is 38.4 Å². The van der Waals surface area contributed by atoms with Crippen LogP contribution in [0.15, 0.2) is 30.5 Å². The van der Waals surface area contributed by atoms with Crippen LogP contribution in [0.25, 0.3) is 0 Å². The fraction of sp³-hybridized carbons (Fsp3) is 0.375. The molecule has 1 aliphatic heterocycles. The monoisotopic (exact) mass is 365 g/mol. The first-order valence-electron chi connectivity index (χ1n) is 7.87. The highest BCUT2D eigenvalue weighted by atomic mass is 35.5. The van der Waals surface area contributed by atoms with Gasteiger partial charge in [0.1, 0.15) is 0 Å². The average Bonchev–Trinajstić information content (AvgIpc) is 3.07. The number of nitro benzene ring substituents is 1. The first-order valence-corrected chi connectivity index (χ1v) is 7.87. The molecule has 0 bridgehead atoms. The normalized spacial score (nSPS) is 16.8. The van der Waals surface area contributed by atoms with Gasteiger partial charge < -0.3 is 10.6 Å². The molecule has 9 heteroatoms. The molecule has 1 aromatic carbocycles. The van der Waals surface area contributed by atoms with Crippen LogP contribution in [0.2, 0.25) is 0 Å². The highest BCUT2D eigenvalue weighted by Crippen LogP contribution is 2.25. The zero-order valence-electron chi connectivity index (χ0n) is 13.8. The number of carbonyl (C=O) groups excluding carboxylic acids is 1. The highest BCUT2D eigenvalue weighted by molar-refractivity contribution is 6.03. The van der Waals surface area contributed by atoms with E-state index < -0.39 is 4.92 Å². The Morgan fingerprint density at radius 3 is 2.92 bits per heavy atom. The van der Waals surface area contributed by atoms with Crippen LogP contribution in [0.3, 0.4) is 0 Å². The minimum atomic E-state index is -0.463. The number of hydrogen-bond donors (Lipinski definition) is 2. The maximum absolute atomic E-state index is 12.4. The van der Waals surface area contributed by atoms with Gasteiger partial charge in [-0.2, -0.15) is 5.10 Å². The third kappa shape index (κ3) is 4.15. The van der Waals surface area contributed by atoms with Crippen LogP contribution < -0.4 is 10.6 Å². The summed E-state index contributed by atoms with van der Waals surface area (Å²) in [6.45, 7) is 3.46. The van der Waals surface area contributed by atoms with Crippen LogP contribution in [0.1, 0.15) is 34.9 Å². The Labute approximate surface area is 151 Å². The Balaban J connectivity index is 0.00000225. The number of piperidine rings is 1. The van der Waals surface area contributed by atoms with Crippen LogP contribution in [0.5, 0.6) is 0 Å². The van der Waals surface area contributed by atoms with Crippen molar-refractivity contribution in [1.29, 1.82) is 0 Å². The van der Waals surface area contributed by atoms with Gasteiger partial charge in [0.25, 0.3) is 11.6 Å². The number of carbonyl (C=O) groups is 1. The zero-order valence-corrected chi connectivity index (χ0v) is 14.6. The van der Waals surface area contributed by atoms with E-state index in [-0.39, 0.29) is 30.0 Å². The summed E-state index contributed by atoms with van der Waals surface area (Å²) in [7, 11) is 0. The van der Waals surface area contributed by atoms with E-state index in [2.05, 4.69) is 15.7 Å². The van der Waals surface area contributed by atoms with Crippen molar-refractivity contribution in [2.24, 2.45) is 0 Å². The van der Waals surface area contributed by atoms with Crippen molar-refractivity contribution in [3.63, 3.8) is 0 Å². The predicted octanol–water partition coefficient (Wildman–Crippen LogP) is 2.70. The van der Waals surface area contributed by atoms with E-state index in [4.69, 9.17) is 0 Å². The molecule has 1 fully saturated rings. The van der Waals surface area contributed by atoms with Crippen LogP contribution in [-0.4, -0.2) is 33.7 Å². The van der Waals surface area contributed by atoms with Gasteiger partial charge in [0, 0.05) is 18.8 Å². The third-order valence-electron chi connectivity index (χ3n) is 4.24. The van der Waals surface area contributed by atoms with Gasteiger partial charge in [0.05, 0.1) is 22.2 Å². The summed E-state index contributed by atoms with van der Waals surface area (Å²) >= 11 is 0. The molecule has 2 N–H and O–H groups in total. The lowest BCUT2D eigenvalue weighted by Crippen LogP contribution is -2.32. The molecule has 8 nitrogen and oxygen atoms in total. The van der Waals surface area contributed by atoms with Crippen LogP contribution >= 0.6 is 12.4 Å². The molecule has 1 unspecified atom stereocenters. The Morgan fingerprint density at radius 2 is 2.24 bits per heavy atom. The summed E-state index contributed by atoms with van der Waals surface area (Å²) in [6.07, 6.45) is 3.91. The van der Waals surface area contributed by atoms with E-state index in [9.17, 15) is 14.9 Å². The standard InChI is InChI=1S/C16H19N5O3.ClH/c1-11-13(5-2-6-15(11)21(23)24)18-16(22)14-7-9-20(19-14)12-4-3-8-17-10-12;/h2,5-7,9,12,17H,3-4,8,10H2,1H3,(H,18,22);1H. The molecule has 25 heavy (non-hydrogen) atoms. The minimum Gasteiger partial charge on any atom is -0.320 e. The number of nitrogens with one attached hydrogen (secondary N) is 2. The fourth-order valence-electron chi connectivity index (χ4n) is 2.86. The lowest BCUT2D eigenvalue weighted by atomic mass is 10.1. The lowest BCUT2D eigenvalue weighted by Gasteiger charge is -2.22. The van der Waals surface area contributed by atoms with Crippen molar-refractivity contribution >= 4 is 29.7 Å². The molecule has 134 valence electrons.